The summed E-state index contributed by atoms with van der Waals surface area (Å²) in [6, 6.07) is 0.725. The van der Waals surface area contributed by atoms with E-state index in [0.717, 1.165) is 17.9 Å². The Morgan fingerprint density at radius 2 is 2.00 bits per heavy atom. The third-order valence-corrected chi connectivity index (χ3v) is 5.77. The first-order chi connectivity index (χ1) is 9.57. The topological polar surface area (TPSA) is 18.5 Å². The molecule has 1 N–H and O–H groups in total. The third-order valence-electron chi connectivity index (χ3n) is 5.77. The molecule has 0 aromatic carbocycles. The second-order valence-corrected chi connectivity index (χ2v) is 7.95. The van der Waals surface area contributed by atoms with Crippen molar-refractivity contribution in [1.82, 2.24) is 15.1 Å². The van der Waals surface area contributed by atoms with Crippen LogP contribution in [0.3, 0.4) is 0 Å². The smallest absolute Gasteiger partial charge is 0.0308 e. The highest BCUT2D eigenvalue weighted by atomic mass is 15.2. The summed E-state index contributed by atoms with van der Waals surface area (Å²) in [4.78, 5) is 5.42. The van der Waals surface area contributed by atoms with Crippen molar-refractivity contribution in [1.29, 1.82) is 0 Å². The van der Waals surface area contributed by atoms with Gasteiger partial charge in [-0.3, -0.25) is 0 Å². The molecule has 2 atom stereocenters. The maximum Gasteiger partial charge on any atom is 0.0308 e. The molecule has 1 saturated carbocycles. The molecule has 0 amide bonds. The van der Waals surface area contributed by atoms with Gasteiger partial charge in [0.2, 0.25) is 0 Å². The SMILES string of the molecule is CC(C)N1CCC(CN2CCCNC(C)(C3CC3)C2)C1. The van der Waals surface area contributed by atoms with Gasteiger partial charge in [0.05, 0.1) is 0 Å². The van der Waals surface area contributed by atoms with Gasteiger partial charge in [0.15, 0.2) is 0 Å². The lowest BCUT2D eigenvalue weighted by Crippen LogP contribution is -2.51. The Balaban J connectivity index is 1.54. The number of nitrogens with one attached hydrogen (secondary N) is 1. The van der Waals surface area contributed by atoms with Crippen molar-refractivity contribution in [3.8, 4) is 0 Å². The van der Waals surface area contributed by atoms with E-state index in [1.807, 2.05) is 0 Å². The lowest BCUT2D eigenvalue weighted by atomic mass is 9.95. The van der Waals surface area contributed by atoms with Crippen molar-refractivity contribution >= 4 is 0 Å². The van der Waals surface area contributed by atoms with E-state index in [-0.39, 0.29) is 0 Å². The maximum absolute atomic E-state index is 3.85. The summed E-state index contributed by atoms with van der Waals surface area (Å²) in [7, 11) is 0. The van der Waals surface area contributed by atoms with Gasteiger partial charge in [-0.05, 0) is 77.9 Å². The summed E-state index contributed by atoms with van der Waals surface area (Å²) in [5.74, 6) is 1.85. The predicted molar refractivity (Wildman–Crippen MR) is 85.0 cm³/mol. The Morgan fingerprint density at radius 1 is 1.20 bits per heavy atom. The highest BCUT2D eigenvalue weighted by Gasteiger charge is 2.43. The van der Waals surface area contributed by atoms with Gasteiger partial charge in [0, 0.05) is 31.2 Å². The average Bonchev–Trinajstić information content (AvgIpc) is 3.17. The van der Waals surface area contributed by atoms with Gasteiger partial charge in [-0.2, -0.15) is 0 Å². The Kier molecular flexibility index (Phi) is 4.40. The van der Waals surface area contributed by atoms with E-state index >= 15 is 0 Å². The largest absolute Gasteiger partial charge is 0.310 e. The van der Waals surface area contributed by atoms with E-state index in [1.54, 1.807) is 0 Å². The molecule has 20 heavy (non-hydrogen) atoms. The van der Waals surface area contributed by atoms with Crippen molar-refractivity contribution in [2.75, 3.05) is 39.3 Å². The molecule has 2 saturated heterocycles. The first-order valence-electron chi connectivity index (χ1n) is 8.78. The van der Waals surface area contributed by atoms with Crippen molar-refractivity contribution in [2.24, 2.45) is 11.8 Å². The van der Waals surface area contributed by atoms with Crippen LogP contribution >= 0.6 is 0 Å². The van der Waals surface area contributed by atoms with Crippen LogP contribution in [0.1, 0.15) is 46.5 Å². The van der Waals surface area contributed by atoms with Crippen LogP contribution in [0.5, 0.6) is 0 Å². The van der Waals surface area contributed by atoms with Crippen LogP contribution in [0.2, 0.25) is 0 Å². The van der Waals surface area contributed by atoms with Gasteiger partial charge >= 0.3 is 0 Å². The summed E-state index contributed by atoms with van der Waals surface area (Å²) >= 11 is 0. The fraction of sp³-hybridized carbons (Fsp3) is 1.00. The van der Waals surface area contributed by atoms with Gasteiger partial charge in [-0.15, -0.1) is 0 Å². The van der Waals surface area contributed by atoms with Crippen LogP contribution in [0, 0.1) is 11.8 Å². The second-order valence-electron chi connectivity index (χ2n) is 7.95. The summed E-state index contributed by atoms with van der Waals surface area (Å²) in [6.45, 7) is 14.9. The van der Waals surface area contributed by atoms with Crippen LogP contribution < -0.4 is 5.32 Å². The molecule has 2 aliphatic heterocycles. The fourth-order valence-corrected chi connectivity index (χ4v) is 4.27. The summed E-state index contributed by atoms with van der Waals surface area (Å²) in [6.07, 6.45) is 5.62. The zero-order valence-corrected chi connectivity index (χ0v) is 13.7. The average molecular weight is 279 g/mol. The minimum Gasteiger partial charge on any atom is -0.310 e. The fourth-order valence-electron chi connectivity index (χ4n) is 4.27. The first kappa shape index (κ1) is 14.8. The molecule has 0 spiro atoms. The van der Waals surface area contributed by atoms with E-state index in [1.165, 1.54) is 65.0 Å². The number of hydrogen-bond acceptors (Lipinski definition) is 3. The standard InChI is InChI=1S/C17H33N3/c1-14(2)20-10-7-15(12-20)11-19-9-4-8-18-17(3,13-19)16-5-6-16/h14-16,18H,4-13H2,1-3H3. The van der Waals surface area contributed by atoms with Crippen LogP contribution in [0.4, 0.5) is 0 Å². The second kappa shape index (κ2) is 5.94. The van der Waals surface area contributed by atoms with E-state index in [9.17, 15) is 0 Å². The quantitative estimate of drug-likeness (QED) is 0.851. The molecule has 0 bridgehead atoms. The van der Waals surface area contributed by atoms with Crippen molar-refractivity contribution in [3.63, 3.8) is 0 Å². The molecule has 2 heterocycles. The van der Waals surface area contributed by atoms with E-state index in [4.69, 9.17) is 0 Å². The van der Waals surface area contributed by atoms with Crippen LogP contribution in [0.25, 0.3) is 0 Å². The molecule has 3 rings (SSSR count). The molecule has 2 unspecified atom stereocenters. The molecular weight excluding hydrogens is 246 g/mol. The molecule has 116 valence electrons. The monoisotopic (exact) mass is 279 g/mol. The lowest BCUT2D eigenvalue weighted by molar-refractivity contribution is 0.173. The molecule has 0 radical (unpaired) electrons. The molecule has 3 fully saturated rings. The predicted octanol–water partition coefficient (Wildman–Crippen LogP) is 2.18. The number of rotatable bonds is 4. The maximum atomic E-state index is 3.85. The summed E-state index contributed by atoms with van der Waals surface area (Å²) in [5, 5.41) is 3.85. The Hall–Kier alpha value is -0.120. The van der Waals surface area contributed by atoms with Gasteiger partial charge in [-0.1, -0.05) is 0 Å². The summed E-state index contributed by atoms with van der Waals surface area (Å²) < 4.78 is 0. The number of nitrogens with zero attached hydrogens (tertiary/aromatic N) is 2. The van der Waals surface area contributed by atoms with Crippen LogP contribution in [-0.4, -0.2) is 60.6 Å². The Bertz CT molecular complexity index is 326. The van der Waals surface area contributed by atoms with Crippen molar-refractivity contribution in [2.45, 2.75) is 58.0 Å². The van der Waals surface area contributed by atoms with Gasteiger partial charge in [0.1, 0.15) is 0 Å². The Labute approximate surface area is 125 Å². The van der Waals surface area contributed by atoms with E-state index < -0.39 is 0 Å². The number of hydrogen-bond donors (Lipinski definition) is 1. The first-order valence-corrected chi connectivity index (χ1v) is 8.78. The highest BCUT2D eigenvalue weighted by molar-refractivity contribution is 5.01. The Morgan fingerprint density at radius 3 is 2.65 bits per heavy atom. The molecule has 0 aromatic rings. The number of likely N-dealkylation sites (tertiary alicyclic amines) is 1. The summed E-state index contributed by atoms with van der Waals surface area (Å²) in [5.41, 5.74) is 0.396. The van der Waals surface area contributed by atoms with Crippen LogP contribution in [-0.2, 0) is 0 Å². The molecular formula is C17H33N3. The van der Waals surface area contributed by atoms with Crippen LogP contribution in [0.15, 0.2) is 0 Å². The van der Waals surface area contributed by atoms with Gasteiger partial charge in [-0.25, -0.2) is 0 Å². The minimum atomic E-state index is 0.396. The van der Waals surface area contributed by atoms with Crippen molar-refractivity contribution < 1.29 is 0 Å². The lowest BCUT2D eigenvalue weighted by Gasteiger charge is -2.35. The molecule has 3 nitrogen and oxygen atoms in total. The molecule has 3 heteroatoms. The molecule has 0 aromatic heterocycles. The zero-order valence-electron chi connectivity index (χ0n) is 13.7. The van der Waals surface area contributed by atoms with E-state index in [0.29, 0.717) is 5.54 Å². The zero-order chi connectivity index (χ0) is 14.2. The highest BCUT2D eigenvalue weighted by Crippen LogP contribution is 2.40. The van der Waals surface area contributed by atoms with Gasteiger partial charge in [0.25, 0.3) is 0 Å². The molecule has 1 aliphatic carbocycles. The third kappa shape index (κ3) is 3.37. The molecule has 3 aliphatic rings. The van der Waals surface area contributed by atoms with Crippen molar-refractivity contribution in [3.05, 3.63) is 0 Å². The van der Waals surface area contributed by atoms with Gasteiger partial charge < -0.3 is 15.1 Å². The minimum absolute atomic E-state index is 0.396. The van der Waals surface area contributed by atoms with E-state index in [2.05, 4.69) is 35.9 Å². The normalized spacial score (nSPS) is 37.5.